The lowest BCUT2D eigenvalue weighted by Crippen LogP contribution is -2.33. The molecular weight excluding hydrogens is 218 g/mol. The maximum absolute atomic E-state index is 11.6. The Labute approximate surface area is 98.2 Å². The lowest BCUT2D eigenvalue weighted by molar-refractivity contribution is -0.143. The van der Waals surface area contributed by atoms with Gasteiger partial charge in [-0.25, -0.2) is 0 Å². The van der Waals surface area contributed by atoms with Gasteiger partial charge in [-0.1, -0.05) is 30.1 Å². The highest BCUT2D eigenvalue weighted by atomic mass is 16.5. The molecule has 1 N–H and O–H groups in total. The van der Waals surface area contributed by atoms with Crippen LogP contribution < -0.4 is 0 Å². The smallest absolute Gasteiger partial charge is 0.315 e. The van der Waals surface area contributed by atoms with Gasteiger partial charge in [-0.15, -0.1) is 0 Å². The van der Waals surface area contributed by atoms with Gasteiger partial charge in [0.15, 0.2) is 5.58 Å². The van der Waals surface area contributed by atoms with Crippen LogP contribution in [0, 0.1) is 0 Å². The number of nitrogens with zero attached hydrogens (tertiary/aromatic N) is 1. The molecular formula is C13H13NO3. The quantitative estimate of drug-likeness (QED) is 0.863. The van der Waals surface area contributed by atoms with E-state index in [2.05, 4.69) is 5.16 Å². The van der Waals surface area contributed by atoms with Crippen molar-refractivity contribution >= 4 is 16.9 Å². The molecule has 1 aromatic heterocycles. The fourth-order valence-electron chi connectivity index (χ4n) is 2.76. The first-order valence-corrected chi connectivity index (χ1v) is 5.82. The summed E-state index contributed by atoms with van der Waals surface area (Å²) in [4.78, 5) is 11.6. The van der Waals surface area contributed by atoms with Crippen molar-refractivity contribution < 1.29 is 14.4 Å². The first-order valence-electron chi connectivity index (χ1n) is 5.82. The number of fused-ring (bicyclic) bond motifs is 1. The molecule has 4 nitrogen and oxygen atoms in total. The van der Waals surface area contributed by atoms with Gasteiger partial charge in [0.25, 0.3) is 0 Å². The number of benzene rings is 1. The van der Waals surface area contributed by atoms with Gasteiger partial charge in [0.05, 0.1) is 0 Å². The number of hydrogen-bond donors (Lipinski definition) is 1. The number of aliphatic carboxylic acids is 1. The van der Waals surface area contributed by atoms with Crippen LogP contribution >= 0.6 is 0 Å². The van der Waals surface area contributed by atoms with Crippen molar-refractivity contribution in [2.75, 3.05) is 0 Å². The minimum Gasteiger partial charge on any atom is -0.481 e. The fraction of sp³-hybridized carbons (Fsp3) is 0.385. The van der Waals surface area contributed by atoms with Crippen molar-refractivity contribution in [3.05, 3.63) is 30.0 Å². The zero-order chi connectivity index (χ0) is 11.9. The molecule has 0 spiro atoms. The summed E-state index contributed by atoms with van der Waals surface area (Å²) in [6.07, 6.45) is 3.18. The van der Waals surface area contributed by atoms with Crippen molar-refractivity contribution in [1.82, 2.24) is 5.16 Å². The third kappa shape index (κ3) is 1.37. The molecule has 0 bridgehead atoms. The Kier molecular flexibility index (Phi) is 2.18. The molecule has 0 radical (unpaired) electrons. The number of hydrogen-bond acceptors (Lipinski definition) is 3. The van der Waals surface area contributed by atoms with Gasteiger partial charge in [0, 0.05) is 5.39 Å². The van der Waals surface area contributed by atoms with Crippen molar-refractivity contribution in [3.63, 3.8) is 0 Å². The molecule has 4 heteroatoms. The lowest BCUT2D eigenvalue weighted by atomic mass is 9.81. The molecule has 0 saturated heterocycles. The van der Waals surface area contributed by atoms with E-state index >= 15 is 0 Å². The second kappa shape index (κ2) is 3.58. The van der Waals surface area contributed by atoms with Gasteiger partial charge in [0.2, 0.25) is 0 Å². The van der Waals surface area contributed by atoms with Crippen LogP contribution in [0.1, 0.15) is 31.4 Å². The minimum absolute atomic E-state index is 0.595. The second-order valence-corrected chi connectivity index (χ2v) is 4.62. The van der Waals surface area contributed by atoms with E-state index in [0.717, 1.165) is 18.2 Å². The molecule has 88 valence electrons. The normalized spacial score (nSPS) is 18.6. The van der Waals surface area contributed by atoms with Crippen molar-refractivity contribution in [2.45, 2.75) is 31.1 Å². The Morgan fingerprint density at radius 2 is 2.00 bits per heavy atom. The van der Waals surface area contributed by atoms with Crippen LogP contribution in [0.25, 0.3) is 11.0 Å². The molecule has 1 aliphatic carbocycles. The molecule has 0 amide bonds. The van der Waals surface area contributed by atoms with Crippen molar-refractivity contribution in [1.29, 1.82) is 0 Å². The monoisotopic (exact) mass is 231 g/mol. The summed E-state index contributed by atoms with van der Waals surface area (Å²) in [6.45, 7) is 0. The van der Waals surface area contributed by atoms with Crippen LogP contribution in [0.15, 0.2) is 28.8 Å². The summed E-state index contributed by atoms with van der Waals surface area (Å²) in [5.41, 5.74) is 0.417. The third-order valence-electron chi connectivity index (χ3n) is 3.70. The Hall–Kier alpha value is -1.84. The zero-order valence-corrected chi connectivity index (χ0v) is 9.35. The summed E-state index contributed by atoms with van der Waals surface area (Å²) >= 11 is 0. The van der Waals surface area contributed by atoms with Gasteiger partial charge >= 0.3 is 5.97 Å². The molecule has 0 aliphatic heterocycles. The van der Waals surface area contributed by atoms with Gasteiger partial charge in [0.1, 0.15) is 11.1 Å². The number of aromatic nitrogens is 1. The molecule has 17 heavy (non-hydrogen) atoms. The van der Waals surface area contributed by atoms with Crippen molar-refractivity contribution in [3.8, 4) is 0 Å². The maximum Gasteiger partial charge on any atom is 0.315 e. The van der Waals surface area contributed by atoms with Crippen LogP contribution in [-0.2, 0) is 10.2 Å². The van der Waals surface area contributed by atoms with E-state index in [-0.39, 0.29) is 0 Å². The van der Waals surface area contributed by atoms with E-state index in [9.17, 15) is 9.90 Å². The molecule has 2 aromatic rings. The lowest BCUT2D eigenvalue weighted by Gasteiger charge is -2.20. The number of carbonyl (C=O) groups is 1. The molecule has 1 fully saturated rings. The van der Waals surface area contributed by atoms with Crippen LogP contribution in [0.2, 0.25) is 0 Å². The molecule has 0 atom stereocenters. The summed E-state index contributed by atoms with van der Waals surface area (Å²) in [5.74, 6) is -0.783. The van der Waals surface area contributed by atoms with Crippen LogP contribution in [-0.4, -0.2) is 16.2 Å². The van der Waals surface area contributed by atoms with Crippen LogP contribution in [0.5, 0.6) is 0 Å². The van der Waals surface area contributed by atoms with Crippen molar-refractivity contribution in [2.24, 2.45) is 0 Å². The molecule has 1 aliphatic rings. The number of carboxylic acids is 1. The standard InChI is InChI=1S/C13H13NO3/c15-12(16)13(7-3-4-8-13)11-9-5-1-2-6-10(9)17-14-11/h1-2,5-6H,3-4,7-8H2,(H,15,16). The molecule has 3 rings (SSSR count). The summed E-state index contributed by atoms with van der Waals surface area (Å²) in [5, 5.41) is 14.4. The highest BCUT2D eigenvalue weighted by molar-refractivity contribution is 5.89. The molecule has 1 saturated carbocycles. The number of rotatable bonds is 2. The van der Waals surface area contributed by atoms with Gasteiger partial charge in [-0.2, -0.15) is 0 Å². The van der Waals surface area contributed by atoms with E-state index < -0.39 is 11.4 Å². The fourth-order valence-corrected chi connectivity index (χ4v) is 2.76. The Bertz CT molecular complexity index is 567. The molecule has 0 unspecified atom stereocenters. The van der Waals surface area contributed by atoms with Crippen LogP contribution in [0.3, 0.4) is 0 Å². The van der Waals surface area contributed by atoms with Crippen LogP contribution in [0.4, 0.5) is 0 Å². The molecule has 1 aromatic carbocycles. The van der Waals surface area contributed by atoms with Gasteiger partial charge in [-0.3, -0.25) is 4.79 Å². The average molecular weight is 231 g/mol. The first kappa shape index (κ1) is 10.3. The highest BCUT2D eigenvalue weighted by Gasteiger charge is 2.46. The topological polar surface area (TPSA) is 63.3 Å². The van der Waals surface area contributed by atoms with E-state index in [1.807, 2.05) is 24.3 Å². The second-order valence-electron chi connectivity index (χ2n) is 4.62. The third-order valence-corrected chi connectivity index (χ3v) is 3.70. The SMILES string of the molecule is O=C(O)C1(c2noc3ccccc23)CCCC1. The Morgan fingerprint density at radius 3 is 2.71 bits per heavy atom. The first-order chi connectivity index (χ1) is 8.24. The maximum atomic E-state index is 11.6. The largest absolute Gasteiger partial charge is 0.481 e. The number of para-hydroxylation sites is 1. The molecule has 1 heterocycles. The number of carboxylic acid groups (broad SMARTS) is 1. The van der Waals surface area contributed by atoms with E-state index in [1.165, 1.54) is 0 Å². The Morgan fingerprint density at radius 1 is 1.29 bits per heavy atom. The van der Waals surface area contributed by atoms with Gasteiger partial charge in [-0.05, 0) is 25.0 Å². The summed E-state index contributed by atoms with van der Waals surface area (Å²) in [6, 6.07) is 7.44. The van der Waals surface area contributed by atoms with E-state index in [1.54, 1.807) is 0 Å². The zero-order valence-electron chi connectivity index (χ0n) is 9.35. The predicted octanol–water partition coefficient (Wildman–Crippen LogP) is 2.72. The van der Waals surface area contributed by atoms with E-state index in [4.69, 9.17) is 4.52 Å². The summed E-state index contributed by atoms with van der Waals surface area (Å²) in [7, 11) is 0. The average Bonchev–Trinajstić information content (AvgIpc) is 2.95. The summed E-state index contributed by atoms with van der Waals surface area (Å²) < 4.78 is 5.22. The van der Waals surface area contributed by atoms with E-state index in [0.29, 0.717) is 24.1 Å². The van der Waals surface area contributed by atoms with Gasteiger partial charge < -0.3 is 9.63 Å². The minimum atomic E-state index is -0.841. The predicted molar refractivity (Wildman–Crippen MR) is 61.8 cm³/mol. The highest BCUT2D eigenvalue weighted by Crippen LogP contribution is 2.43. The Balaban J connectivity index is 2.22.